The first kappa shape index (κ1) is 13.3. The average Bonchev–Trinajstić information content (AvgIpc) is 2.56. The van der Waals surface area contributed by atoms with Gasteiger partial charge in [-0.15, -0.1) is 5.10 Å². The highest BCUT2D eigenvalue weighted by Gasteiger charge is 2.14. The maximum atomic E-state index is 9.09. The third kappa shape index (κ3) is 3.07. The van der Waals surface area contributed by atoms with E-state index in [4.69, 9.17) is 10.00 Å². The molecule has 3 rings (SSSR count). The number of hydrogen-bond donors (Lipinski definition) is 1. The van der Waals surface area contributed by atoms with Crippen molar-refractivity contribution in [1.82, 2.24) is 15.2 Å². The van der Waals surface area contributed by atoms with Crippen molar-refractivity contribution < 1.29 is 4.74 Å². The minimum Gasteiger partial charge on any atom is -0.378 e. The van der Waals surface area contributed by atoms with Crippen LogP contribution in [-0.2, 0) is 4.74 Å². The lowest BCUT2D eigenvalue weighted by molar-refractivity contribution is 0.122. The van der Waals surface area contributed by atoms with Gasteiger partial charge in [0.2, 0.25) is 5.95 Å². The number of benzene rings is 1. The van der Waals surface area contributed by atoms with Crippen LogP contribution in [0.1, 0.15) is 5.56 Å². The van der Waals surface area contributed by atoms with E-state index in [1.165, 1.54) is 6.20 Å². The molecule has 1 N–H and O–H groups in total. The van der Waals surface area contributed by atoms with E-state index in [0.29, 0.717) is 36.2 Å². The van der Waals surface area contributed by atoms with Crippen molar-refractivity contribution in [3.8, 4) is 6.07 Å². The molecule has 106 valence electrons. The fraction of sp³-hybridized carbons (Fsp3) is 0.286. The molecule has 1 aromatic heterocycles. The molecule has 0 atom stereocenters. The Morgan fingerprint density at radius 1 is 1.24 bits per heavy atom. The predicted molar refractivity (Wildman–Crippen MR) is 77.3 cm³/mol. The molecule has 0 spiro atoms. The van der Waals surface area contributed by atoms with E-state index in [9.17, 15) is 0 Å². The highest BCUT2D eigenvalue weighted by molar-refractivity contribution is 5.64. The van der Waals surface area contributed by atoms with E-state index in [-0.39, 0.29) is 0 Å². The number of rotatable bonds is 3. The van der Waals surface area contributed by atoms with Crippen LogP contribution in [0.15, 0.2) is 30.5 Å². The molecular weight excluding hydrogens is 268 g/mol. The molecule has 1 aromatic carbocycles. The second-order valence-corrected chi connectivity index (χ2v) is 4.52. The van der Waals surface area contributed by atoms with Gasteiger partial charge in [0.05, 0.1) is 30.7 Å². The normalized spacial score (nSPS) is 14.5. The summed E-state index contributed by atoms with van der Waals surface area (Å²) in [7, 11) is 0. The van der Waals surface area contributed by atoms with Gasteiger partial charge in [-0.1, -0.05) is 12.1 Å². The van der Waals surface area contributed by atoms with Gasteiger partial charge >= 0.3 is 0 Å². The number of ether oxygens (including phenoxy) is 1. The largest absolute Gasteiger partial charge is 0.378 e. The van der Waals surface area contributed by atoms with E-state index in [1.54, 1.807) is 6.07 Å². The van der Waals surface area contributed by atoms with Gasteiger partial charge in [-0.05, 0) is 12.1 Å². The van der Waals surface area contributed by atoms with Crippen LogP contribution >= 0.6 is 0 Å². The number of aromatic nitrogens is 3. The molecule has 1 fully saturated rings. The monoisotopic (exact) mass is 282 g/mol. The van der Waals surface area contributed by atoms with Crippen molar-refractivity contribution in [3.63, 3.8) is 0 Å². The van der Waals surface area contributed by atoms with Gasteiger partial charge in [-0.3, -0.25) is 0 Å². The highest BCUT2D eigenvalue weighted by atomic mass is 16.5. The Hall–Kier alpha value is -2.72. The molecule has 1 saturated heterocycles. The summed E-state index contributed by atoms with van der Waals surface area (Å²) >= 11 is 0. The van der Waals surface area contributed by atoms with Crippen LogP contribution in [0.2, 0.25) is 0 Å². The first-order valence-electron chi connectivity index (χ1n) is 6.65. The number of anilines is 3. The number of nitriles is 1. The van der Waals surface area contributed by atoms with Crippen LogP contribution in [0, 0.1) is 11.3 Å². The standard InChI is InChI=1S/C14H14N6O/c15-9-11-3-1-2-4-12(11)17-13-10-16-19-14(18-13)20-5-7-21-8-6-20/h1-4,10H,5-8H2,(H,17,18,19). The van der Waals surface area contributed by atoms with Crippen molar-refractivity contribution in [3.05, 3.63) is 36.0 Å². The lowest BCUT2D eigenvalue weighted by Gasteiger charge is -2.26. The number of nitrogens with zero attached hydrogens (tertiary/aromatic N) is 5. The molecule has 2 heterocycles. The number of morpholine rings is 1. The Bertz CT molecular complexity index is 663. The van der Waals surface area contributed by atoms with Gasteiger partial charge < -0.3 is 15.0 Å². The Balaban J connectivity index is 1.81. The van der Waals surface area contributed by atoms with E-state index in [1.807, 2.05) is 23.1 Å². The van der Waals surface area contributed by atoms with E-state index in [0.717, 1.165) is 13.1 Å². The van der Waals surface area contributed by atoms with Crippen molar-refractivity contribution in [2.24, 2.45) is 0 Å². The minimum atomic E-state index is 0.559. The summed E-state index contributed by atoms with van der Waals surface area (Å²) in [5.41, 5.74) is 1.26. The zero-order chi connectivity index (χ0) is 14.5. The SMILES string of the molecule is N#Cc1ccccc1Nc1cnnc(N2CCOCC2)n1. The second kappa shape index (κ2) is 6.15. The van der Waals surface area contributed by atoms with Crippen molar-refractivity contribution in [2.45, 2.75) is 0 Å². The van der Waals surface area contributed by atoms with Crippen LogP contribution < -0.4 is 10.2 Å². The smallest absolute Gasteiger partial charge is 0.247 e. The molecule has 0 saturated carbocycles. The van der Waals surface area contributed by atoms with Gasteiger partial charge in [0.1, 0.15) is 6.07 Å². The molecule has 0 amide bonds. The Morgan fingerprint density at radius 2 is 2.05 bits per heavy atom. The lowest BCUT2D eigenvalue weighted by Crippen LogP contribution is -2.37. The van der Waals surface area contributed by atoms with Crippen molar-refractivity contribution in [1.29, 1.82) is 5.26 Å². The molecule has 0 radical (unpaired) electrons. The molecule has 0 unspecified atom stereocenters. The van der Waals surface area contributed by atoms with Crippen molar-refractivity contribution in [2.75, 3.05) is 36.5 Å². The molecule has 2 aromatic rings. The summed E-state index contributed by atoms with van der Waals surface area (Å²) in [5.74, 6) is 1.13. The number of para-hydroxylation sites is 1. The molecule has 7 nitrogen and oxygen atoms in total. The number of nitrogens with one attached hydrogen (secondary N) is 1. The average molecular weight is 282 g/mol. The van der Waals surface area contributed by atoms with Crippen LogP contribution in [0.4, 0.5) is 17.5 Å². The fourth-order valence-corrected chi connectivity index (χ4v) is 2.08. The molecule has 21 heavy (non-hydrogen) atoms. The van der Waals surface area contributed by atoms with Crippen LogP contribution in [0.5, 0.6) is 0 Å². The quantitative estimate of drug-likeness (QED) is 0.908. The Morgan fingerprint density at radius 3 is 2.86 bits per heavy atom. The Labute approximate surface area is 122 Å². The second-order valence-electron chi connectivity index (χ2n) is 4.52. The summed E-state index contributed by atoms with van der Waals surface area (Å²) in [6.45, 7) is 2.83. The van der Waals surface area contributed by atoms with Crippen LogP contribution in [0.3, 0.4) is 0 Å². The van der Waals surface area contributed by atoms with Crippen LogP contribution in [-0.4, -0.2) is 41.5 Å². The Kier molecular flexibility index (Phi) is 3.89. The first-order valence-corrected chi connectivity index (χ1v) is 6.65. The third-order valence-electron chi connectivity index (χ3n) is 3.15. The molecule has 0 bridgehead atoms. The van der Waals surface area contributed by atoms with Gasteiger partial charge in [0.15, 0.2) is 5.82 Å². The summed E-state index contributed by atoms with van der Waals surface area (Å²) in [6.07, 6.45) is 1.54. The molecular formula is C14H14N6O. The molecule has 7 heteroatoms. The summed E-state index contributed by atoms with van der Waals surface area (Å²) < 4.78 is 5.31. The predicted octanol–water partition coefficient (Wildman–Crippen LogP) is 1.32. The fourth-order valence-electron chi connectivity index (χ4n) is 2.08. The molecule has 0 aliphatic carbocycles. The highest BCUT2D eigenvalue weighted by Crippen LogP contribution is 2.19. The topological polar surface area (TPSA) is 87.0 Å². The lowest BCUT2D eigenvalue weighted by atomic mass is 10.2. The molecule has 1 aliphatic heterocycles. The summed E-state index contributed by atoms with van der Waals surface area (Å²) in [6, 6.07) is 9.40. The summed E-state index contributed by atoms with van der Waals surface area (Å²) in [4.78, 5) is 6.47. The summed E-state index contributed by atoms with van der Waals surface area (Å²) in [5, 5.41) is 20.2. The molecule has 1 aliphatic rings. The van der Waals surface area contributed by atoms with Gasteiger partial charge in [0.25, 0.3) is 0 Å². The van der Waals surface area contributed by atoms with E-state index in [2.05, 4.69) is 26.6 Å². The van der Waals surface area contributed by atoms with Crippen LogP contribution in [0.25, 0.3) is 0 Å². The van der Waals surface area contributed by atoms with E-state index >= 15 is 0 Å². The third-order valence-corrected chi connectivity index (χ3v) is 3.15. The zero-order valence-corrected chi connectivity index (χ0v) is 11.4. The van der Waals surface area contributed by atoms with Gasteiger partial charge in [0, 0.05) is 13.1 Å². The zero-order valence-electron chi connectivity index (χ0n) is 11.4. The van der Waals surface area contributed by atoms with Gasteiger partial charge in [-0.2, -0.15) is 15.3 Å². The van der Waals surface area contributed by atoms with Gasteiger partial charge in [-0.25, -0.2) is 0 Å². The first-order chi connectivity index (χ1) is 10.4. The maximum Gasteiger partial charge on any atom is 0.247 e. The van der Waals surface area contributed by atoms with E-state index < -0.39 is 0 Å². The minimum absolute atomic E-state index is 0.559. The number of hydrogen-bond acceptors (Lipinski definition) is 7. The van der Waals surface area contributed by atoms with Crippen molar-refractivity contribution >= 4 is 17.5 Å². The maximum absolute atomic E-state index is 9.09.